The van der Waals surface area contributed by atoms with Gasteiger partial charge in [0, 0.05) is 12.6 Å². The van der Waals surface area contributed by atoms with E-state index in [0.717, 1.165) is 40.2 Å². The highest BCUT2D eigenvalue weighted by Crippen LogP contribution is 2.11. The molecule has 0 atom stereocenters. The molecule has 0 aliphatic carbocycles. The molecule has 0 spiro atoms. The van der Waals surface area contributed by atoms with Gasteiger partial charge in [-0.2, -0.15) is 5.26 Å². The highest BCUT2D eigenvalue weighted by atomic mass is 32.1. The van der Waals surface area contributed by atoms with Crippen LogP contribution in [0.5, 0.6) is 0 Å². The molecule has 0 bridgehead atoms. The van der Waals surface area contributed by atoms with E-state index in [1.807, 2.05) is 38.1 Å². The third-order valence-corrected chi connectivity index (χ3v) is 5.58. The quantitative estimate of drug-likeness (QED) is 0.644. The molecule has 0 aliphatic rings. The van der Waals surface area contributed by atoms with Crippen molar-refractivity contribution in [1.29, 1.82) is 5.26 Å². The standard InChI is InChI=1S/C22H17FN2O2S/c1-13-4-5-16(14(2)10-13)11-19-21(27)25(3)22(28-19)18(12-24)20(26)15-6-8-17(23)9-7-15/h4-11H,1-3H3/b19-11-,22-18-. The summed E-state index contributed by atoms with van der Waals surface area (Å²) >= 11 is 1.09. The maximum absolute atomic E-state index is 13.1. The molecule has 0 radical (unpaired) electrons. The molecule has 0 amide bonds. The molecule has 6 heteroatoms. The van der Waals surface area contributed by atoms with Crippen LogP contribution in [0.3, 0.4) is 0 Å². The number of hydrogen-bond donors (Lipinski definition) is 0. The van der Waals surface area contributed by atoms with Crippen LogP contribution in [0.25, 0.3) is 11.6 Å². The summed E-state index contributed by atoms with van der Waals surface area (Å²) in [7, 11) is 1.53. The van der Waals surface area contributed by atoms with Gasteiger partial charge >= 0.3 is 0 Å². The SMILES string of the molecule is Cc1ccc(/C=c2\s/c(=C(/C#N)C(=O)c3ccc(F)cc3)n(C)c2=O)c(C)c1. The molecule has 1 aromatic heterocycles. The molecule has 2 aromatic carbocycles. The molecular weight excluding hydrogens is 375 g/mol. The summed E-state index contributed by atoms with van der Waals surface area (Å²) < 4.78 is 15.1. The molecule has 1 heterocycles. The first kappa shape index (κ1) is 19.5. The van der Waals surface area contributed by atoms with Crippen LogP contribution < -0.4 is 14.8 Å². The molecule has 0 N–H and O–H groups in total. The number of rotatable bonds is 3. The second-order valence-corrected chi connectivity index (χ2v) is 7.49. The first-order chi connectivity index (χ1) is 13.3. The van der Waals surface area contributed by atoms with Gasteiger partial charge < -0.3 is 4.57 Å². The zero-order chi connectivity index (χ0) is 20.4. The number of carbonyl (C=O) groups excluding carboxylic acids is 1. The summed E-state index contributed by atoms with van der Waals surface area (Å²) in [6, 6.07) is 12.8. The summed E-state index contributed by atoms with van der Waals surface area (Å²) in [5, 5.41) is 9.55. The van der Waals surface area contributed by atoms with Crippen LogP contribution in [-0.4, -0.2) is 10.4 Å². The smallest absolute Gasteiger partial charge is 0.268 e. The van der Waals surface area contributed by atoms with E-state index in [1.54, 1.807) is 6.08 Å². The van der Waals surface area contributed by atoms with Crippen molar-refractivity contribution in [2.45, 2.75) is 13.8 Å². The lowest BCUT2D eigenvalue weighted by molar-refractivity contribution is 0.105. The van der Waals surface area contributed by atoms with E-state index >= 15 is 0 Å². The van der Waals surface area contributed by atoms with Crippen LogP contribution in [-0.2, 0) is 7.05 Å². The van der Waals surface area contributed by atoms with Crippen molar-refractivity contribution in [3.05, 3.63) is 90.1 Å². The zero-order valence-corrected chi connectivity index (χ0v) is 16.4. The number of halogens is 1. The van der Waals surface area contributed by atoms with Crippen molar-refractivity contribution < 1.29 is 9.18 Å². The summed E-state index contributed by atoms with van der Waals surface area (Å²) in [5.74, 6) is -1.01. The summed E-state index contributed by atoms with van der Waals surface area (Å²) in [6.07, 6.45) is 1.77. The van der Waals surface area contributed by atoms with Crippen molar-refractivity contribution in [2.75, 3.05) is 0 Å². The maximum atomic E-state index is 13.1. The van der Waals surface area contributed by atoms with E-state index in [1.165, 1.54) is 23.7 Å². The van der Waals surface area contributed by atoms with Crippen LogP contribution in [0.1, 0.15) is 27.0 Å². The van der Waals surface area contributed by atoms with Crippen LogP contribution >= 0.6 is 11.3 Å². The highest BCUT2D eigenvalue weighted by Gasteiger charge is 2.16. The van der Waals surface area contributed by atoms with Crippen LogP contribution in [0, 0.1) is 31.0 Å². The van der Waals surface area contributed by atoms with Crippen LogP contribution in [0.15, 0.2) is 47.3 Å². The fourth-order valence-electron chi connectivity index (χ4n) is 2.85. The highest BCUT2D eigenvalue weighted by molar-refractivity contribution is 7.07. The fraction of sp³-hybridized carbons (Fsp3) is 0.136. The third-order valence-electron chi connectivity index (χ3n) is 4.40. The monoisotopic (exact) mass is 392 g/mol. The Hall–Kier alpha value is -3.30. The van der Waals surface area contributed by atoms with Gasteiger partial charge in [0.15, 0.2) is 0 Å². The average molecular weight is 392 g/mol. The lowest BCUT2D eigenvalue weighted by atomic mass is 10.1. The first-order valence-corrected chi connectivity index (χ1v) is 9.33. The summed E-state index contributed by atoms with van der Waals surface area (Å²) in [4.78, 5) is 25.4. The number of carbonyl (C=O) groups is 1. The van der Waals surface area contributed by atoms with E-state index < -0.39 is 11.6 Å². The van der Waals surface area contributed by atoms with Crippen molar-refractivity contribution in [2.24, 2.45) is 7.05 Å². The van der Waals surface area contributed by atoms with E-state index in [-0.39, 0.29) is 21.4 Å². The van der Waals surface area contributed by atoms with Gasteiger partial charge in [-0.05, 0) is 55.3 Å². The fourth-order valence-corrected chi connectivity index (χ4v) is 3.93. The Labute approximate surface area is 165 Å². The second-order valence-electron chi connectivity index (χ2n) is 6.46. The molecular formula is C22H17FN2O2S. The second kappa shape index (κ2) is 7.75. The Balaban J connectivity index is 2.22. The maximum Gasteiger partial charge on any atom is 0.268 e. The van der Waals surface area contributed by atoms with Gasteiger partial charge in [-0.15, -0.1) is 11.3 Å². The number of benzene rings is 2. The van der Waals surface area contributed by atoms with E-state index in [0.29, 0.717) is 4.53 Å². The van der Waals surface area contributed by atoms with Gasteiger partial charge in [0.25, 0.3) is 5.56 Å². The number of ketones is 1. The number of nitriles is 1. The minimum Gasteiger partial charge on any atom is -0.301 e. The van der Waals surface area contributed by atoms with Crippen LogP contribution in [0.2, 0.25) is 0 Å². The molecule has 0 saturated heterocycles. The van der Waals surface area contributed by atoms with Crippen molar-refractivity contribution >= 4 is 28.8 Å². The number of hydrogen-bond acceptors (Lipinski definition) is 4. The lowest BCUT2D eigenvalue weighted by Gasteiger charge is -2.00. The van der Waals surface area contributed by atoms with Gasteiger partial charge in [0.1, 0.15) is 22.1 Å². The molecule has 0 unspecified atom stereocenters. The number of Topliss-reactive ketones (excluding diaryl/α,β-unsaturated/α-hetero) is 1. The summed E-state index contributed by atoms with van der Waals surface area (Å²) in [5.41, 5.74) is 2.83. The lowest BCUT2D eigenvalue weighted by Crippen LogP contribution is -2.30. The molecule has 3 aromatic rings. The van der Waals surface area contributed by atoms with E-state index in [4.69, 9.17) is 0 Å². The molecule has 0 aliphatic heterocycles. The predicted molar refractivity (Wildman–Crippen MR) is 108 cm³/mol. The van der Waals surface area contributed by atoms with Crippen LogP contribution in [0.4, 0.5) is 4.39 Å². The van der Waals surface area contributed by atoms with E-state index in [9.17, 15) is 19.2 Å². The van der Waals surface area contributed by atoms with E-state index in [2.05, 4.69) is 0 Å². The molecule has 140 valence electrons. The Kier molecular flexibility index (Phi) is 5.39. The average Bonchev–Trinajstić information content (AvgIpc) is 2.93. The number of thiazole rings is 1. The number of aryl methyl sites for hydroxylation is 2. The normalized spacial score (nSPS) is 12.6. The van der Waals surface area contributed by atoms with Gasteiger partial charge in [-0.25, -0.2) is 4.39 Å². The van der Waals surface area contributed by atoms with Gasteiger partial charge in [0.2, 0.25) is 5.78 Å². The van der Waals surface area contributed by atoms with Gasteiger partial charge in [-0.3, -0.25) is 9.59 Å². The topological polar surface area (TPSA) is 62.9 Å². The minimum absolute atomic E-state index is 0.142. The first-order valence-electron chi connectivity index (χ1n) is 8.51. The van der Waals surface area contributed by atoms with Crippen molar-refractivity contribution in [3.8, 4) is 6.07 Å². The van der Waals surface area contributed by atoms with Gasteiger partial charge in [-0.1, -0.05) is 23.8 Å². The number of aromatic nitrogens is 1. The zero-order valence-electron chi connectivity index (χ0n) is 15.6. The molecule has 28 heavy (non-hydrogen) atoms. The molecule has 3 rings (SSSR count). The largest absolute Gasteiger partial charge is 0.301 e. The number of nitrogens with zero attached hydrogens (tertiary/aromatic N) is 2. The van der Waals surface area contributed by atoms with Crippen molar-refractivity contribution in [1.82, 2.24) is 4.57 Å². The third kappa shape index (κ3) is 3.71. The predicted octanol–water partition coefficient (Wildman–Crippen LogP) is 2.59. The summed E-state index contributed by atoms with van der Waals surface area (Å²) in [6.45, 7) is 3.96. The Bertz CT molecular complexity index is 1290. The molecule has 0 fully saturated rings. The minimum atomic E-state index is -0.544. The Morgan fingerprint density at radius 2 is 1.86 bits per heavy atom. The molecule has 4 nitrogen and oxygen atoms in total. The Morgan fingerprint density at radius 1 is 1.18 bits per heavy atom. The van der Waals surface area contributed by atoms with Crippen molar-refractivity contribution in [3.63, 3.8) is 0 Å². The Morgan fingerprint density at radius 3 is 2.46 bits per heavy atom. The van der Waals surface area contributed by atoms with Gasteiger partial charge in [0.05, 0.1) is 4.53 Å². The molecule has 0 saturated carbocycles.